The van der Waals surface area contributed by atoms with E-state index >= 15 is 0 Å². The van der Waals surface area contributed by atoms with E-state index in [9.17, 15) is 4.79 Å². The monoisotopic (exact) mass is 260 g/mol. The molecule has 104 valence electrons. The summed E-state index contributed by atoms with van der Waals surface area (Å²) in [6, 6.07) is 10.7. The average Bonchev–Trinajstić information content (AvgIpc) is 2.39. The van der Waals surface area contributed by atoms with Gasteiger partial charge in [0.15, 0.2) is 0 Å². The van der Waals surface area contributed by atoms with E-state index in [1.165, 1.54) is 5.56 Å². The van der Waals surface area contributed by atoms with Gasteiger partial charge in [-0.25, -0.2) is 0 Å². The molecule has 3 heteroatoms. The van der Waals surface area contributed by atoms with E-state index in [4.69, 9.17) is 0 Å². The largest absolute Gasteiger partial charge is 0.336 e. The van der Waals surface area contributed by atoms with Gasteiger partial charge in [-0.3, -0.25) is 4.79 Å². The number of carbonyl (C=O) groups excluding carboxylic acids is 1. The molecule has 19 heavy (non-hydrogen) atoms. The summed E-state index contributed by atoms with van der Waals surface area (Å²) < 4.78 is 0. The van der Waals surface area contributed by atoms with Crippen LogP contribution in [0.1, 0.15) is 26.3 Å². The first-order valence-electron chi connectivity index (χ1n) is 7.04. The summed E-state index contributed by atoms with van der Waals surface area (Å²) in [5.41, 5.74) is 0.995. The van der Waals surface area contributed by atoms with Crippen LogP contribution in [0, 0.1) is 5.41 Å². The molecule has 1 aliphatic rings. The van der Waals surface area contributed by atoms with Crippen LogP contribution in [0.4, 0.5) is 0 Å². The molecule has 1 N–H and O–H groups in total. The standard InChI is InChI=1S/C16H24N2O/c1-16(2,3)15(19)18-10-9-17-12-14(18)11-13-7-5-4-6-8-13/h4-8,14,17H,9-12H2,1-3H3. The summed E-state index contributed by atoms with van der Waals surface area (Å²) >= 11 is 0. The summed E-state index contributed by atoms with van der Waals surface area (Å²) in [6.45, 7) is 8.59. The van der Waals surface area contributed by atoms with Crippen molar-refractivity contribution in [2.45, 2.75) is 33.2 Å². The van der Waals surface area contributed by atoms with Gasteiger partial charge < -0.3 is 10.2 Å². The lowest BCUT2D eigenvalue weighted by Gasteiger charge is -2.39. The maximum absolute atomic E-state index is 12.5. The third kappa shape index (κ3) is 3.57. The summed E-state index contributed by atoms with van der Waals surface area (Å²) in [5.74, 6) is 0.259. The molecule has 1 atom stereocenters. The molecule has 0 aliphatic carbocycles. The highest BCUT2D eigenvalue weighted by Gasteiger charge is 2.33. The predicted octanol–water partition coefficient (Wildman–Crippen LogP) is 2.08. The van der Waals surface area contributed by atoms with Gasteiger partial charge in [-0.15, -0.1) is 0 Å². The second-order valence-corrected chi connectivity index (χ2v) is 6.30. The Morgan fingerprint density at radius 3 is 2.63 bits per heavy atom. The predicted molar refractivity (Wildman–Crippen MR) is 78.0 cm³/mol. The lowest BCUT2D eigenvalue weighted by Crippen LogP contribution is -2.57. The third-order valence-electron chi connectivity index (χ3n) is 3.57. The van der Waals surface area contributed by atoms with Crippen molar-refractivity contribution in [3.63, 3.8) is 0 Å². The third-order valence-corrected chi connectivity index (χ3v) is 3.57. The second-order valence-electron chi connectivity index (χ2n) is 6.30. The van der Waals surface area contributed by atoms with Crippen molar-refractivity contribution < 1.29 is 4.79 Å². The van der Waals surface area contributed by atoms with Crippen LogP contribution in [0.15, 0.2) is 30.3 Å². The van der Waals surface area contributed by atoms with Gasteiger partial charge in [0.25, 0.3) is 0 Å². The molecule has 1 aromatic rings. The van der Waals surface area contributed by atoms with Crippen LogP contribution < -0.4 is 5.32 Å². The van der Waals surface area contributed by atoms with Crippen LogP contribution in [0.3, 0.4) is 0 Å². The lowest BCUT2D eigenvalue weighted by molar-refractivity contribution is -0.142. The molecule has 1 fully saturated rings. The molecule has 0 aromatic heterocycles. The maximum Gasteiger partial charge on any atom is 0.228 e. The molecular weight excluding hydrogens is 236 g/mol. The van der Waals surface area contributed by atoms with E-state index < -0.39 is 0 Å². The molecular formula is C16H24N2O. The molecule has 1 aliphatic heterocycles. The minimum atomic E-state index is -0.299. The number of carbonyl (C=O) groups is 1. The lowest BCUT2D eigenvalue weighted by atomic mass is 9.92. The Morgan fingerprint density at radius 2 is 2.00 bits per heavy atom. The van der Waals surface area contributed by atoms with E-state index in [1.807, 2.05) is 26.8 Å². The van der Waals surface area contributed by atoms with Gasteiger partial charge in [-0.05, 0) is 12.0 Å². The van der Waals surface area contributed by atoms with Crippen molar-refractivity contribution in [3.05, 3.63) is 35.9 Å². The van der Waals surface area contributed by atoms with Gasteiger partial charge in [0.1, 0.15) is 0 Å². The summed E-state index contributed by atoms with van der Waals surface area (Å²) in [6.07, 6.45) is 0.926. The Balaban J connectivity index is 2.10. The van der Waals surface area contributed by atoms with Crippen molar-refractivity contribution in [1.82, 2.24) is 10.2 Å². The maximum atomic E-state index is 12.5. The van der Waals surface area contributed by atoms with Crippen LogP contribution in [0.2, 0.25) is 0 Å². The van der Waals surface area contributed by atoms with Crippen LogP contribution in [0.5, 0.6) is 0 Å². The number of nitrogens with one attached hydrogen (secondary N) is 1. The highest BCUT2D eigenvalue weighted by Crippen LogP contribution is 2.21. The van der Waals surface area contributed by atoms with Gasteiger partial charge in [0.05, 0.1) is 0 Å². The fourth-order valence-electron chi connectivity index (χ4n) is 2.53. The van der Waals surface area contributed by atoms with Crippen molar-refractivity contribution in [1.29, 1.82) is 0 Å². The molecule has 1 heterocycles. The van der Waals surface area contributed by atoms with Crippen molar-refractivity contribution in [3.8, 4) is 0 Å². The molecule has 0 radical (unpaired) electrons. The quantitative estimate of drug-likeness (QED) is 0.883. The highest BCUT2D eigenvalue weighted by atomic mass is 16.2. The smallest absolute Gasteiger partial charge is 0.228 e. The van der Waals surface area contributed by atoms with Crippen molar-refractivity contribution in [2.24, 2.45) is 5.41 Å². The highest BCUT2D eigenvalue weighted by molar-refractivity contribution is 5.82. The van der Waals surface area contributed by atoms with Crippen LogP contribution in [0.25, 0.3) is 0 Å². The van der Waals surface area contributed by atoms with Gasteiger partial charge in [-0.2, -0.15) is 0 Å². The summed E-state index contributed by atoms with van der Waals surface area (Å²) in [5, 5.41) is 3.40. The number of benzene rings is 1. The average molecular weight is 260 g/mol. The van der Waals surface area contributed by atoms with Crippen LogP contribution in [-0.4, -0.2) is 36.5 Å². The molecule has 3 nitrogen and oxygen atoms in total. The Labute approximate surface area is 116 Å². The van der Waals surface area contributed by atoms with Gasteiger partial charge in [-0.1, -0.05) is 51.1 Å². The first-order valence-corrected chi connectivity index (χ1v) is 7.04. The number of hydrogen-bond donors (Lipinski definition) is 1. The zero-order valence-electron chi connectivity index (χ0n) is 12.1. The minimum Gasteiger partial charge on any atom is -0.336 e. The summed E-state index contributed by atoms with van der Waals surface area (Å²) in [4.78, 5) is 14.6. The number of nitrogens with zero attached hydrogens (tertiary/aromatic N) is 1. The van der Waals surface area contributed by atoms with Gasteiger partial charge in [0.2, 0.25) is 5.91 Å². The Hall–Kier alpha value is -1.35. The number of rotatable bonds is 2. The molecule has 1 aromatic carbocycles. The summed E-state index contributed by atoms with van der Waals surface area (Å²) in [7, 11) is 0. The number of piperazine rings is 1. The molecule has 1 saturated heterocycles. The Morgan fingerprint density at radius 1 is 1.32 bits per heavy atom. The fourth-order valence-corrected chi connectivity index (χ4v) is 2.53. The van der Waals surface area contributed by atoms with E-state index in [0.29, 0.717) is 0 Å². The fraction of sp³-hybridized carbons (Fsp3) is 0.562. The first-order chi connectivity index (χ1) is 8.98. The Kier molecular flexibility index (Phi) is 4.25. The molecule has 1 amide bonds. The zero-order valence-corrected chi connectivity index (χ0v) is 12.1. The number of amides is 1. The molecule has 1 unspecified atom stereocenters. The molecule has 0 spiro atoms. The SMILES string of the molecule is CC(C)(C)C(=O)N1CCNCC1Cc1ccccc1. The molecule has 0 saturated carbocycles. The normalized spacial score (nSPS) is 20.4. The Bertz CT molecular complexity index is 422. The zero-order chi connectivity index (χ0) is 13.9. The second kappa shape index (κ2) is 5.74. The van der Waals surface area contributed by atoms with Crippen molar-refractivity contribution >= 4 is 5.91 Å². The van der Waals surface area contributed by atoms with Crippen molar-refractivity contribution in [2.75, 3.05) is 19.6 Å². The van der Waals surface area contributed by atoms with E-state index in [-0.39, 0.29) is 17.4 Å². The molecule has 2 rings (SSSR count). The number of hydrogen-bond acceptors (Lipinski definition) is 2. The topological polar surface area (TPSA) is 32.3 Å². The van der Waals surface area contributed by atoms with Crippen LogP contribution >= 0.6 is 0 Å². The van der Waals surface area contributed by atoms with E-state index in [1.54, 1.807) is 0 Å². The molecule has 0 bridgehead atoms. The van der Waals surface area contributed by atoms with E-state index in [0.717, 1.165) is 26.1 Å². The van der Waals surface area contributed by atoms with E-state index in [2.05, 4.69) is 34.5 Å². The van der Waals surface area contributed by atoms with Gasteiger partial charge in [0, 0.05) is 31.1 Å². The van der Waals surface area contributed by atoms with Gasteiger partial charge >= 0.3 is 0 Å². The van der Waals surface area contributed by atoms with Crippen LogP contribution in [-0.2, 0) is 11.2 Å². The minimum absolute atomic E-state index is 0.259. The first kappa shape index (κ1) is 14.1.